The van der Waals surface area contributed by atoms with E-state index in [4.69, 9.17) is 16.3 Å². The van der Waals surface area contributed by atoms with Gasteiger partial charge in [-0.05, 0) is 23.1 Å². The number of nitrogens with one attached hydrogen (secondary N) is 1. The van der Waals surface area contributed by atoms with Crippen molar-refractivity contribution in [2.45, 2.75) is 6.54 Å². The summed E-state index contributed by atoms with van der Waals surface area (Å²) < 4.78 is 6.27. The van der Waals surface area contributed by atoms with Crippen molar-refractivity contribution >= 4 is 29.0 Å². The summed E-state index contributed by atoms with van der Waals surface area (Å²) in [6, 6.07) is 6.01. The maximum atomic E-state index is 11.9. The van der Waals surface area contributed by atoms with Crippen molar-refractivity contribution in [2.75, 3.05) is 12.4 Å². The molecule has 1 amide bonds. The van der Waals surface area contributed by atoms with Crippen molar-refractivity contribution in [1.82, 2.24) is 9.78 Å². The third-order valence-electron chi connectivity index (χ3n) is 2.55. The molecule has 0 atom stereocenters. The lowest BCUT2D eigenvalue weighted by Crippen LogP contribution is -2.19. The Bertz CT molecular complexity index is 686. The number of ether oxygens (including phenoxy) is 1. The normalized spacial score (nSPS) is 10.2. The second kappa shape index (κ2) is 6.23. The number of carbonyl (C=O) groups is 1. The van der Waals surface area contributed by atoms with Gasteiger partial charge in [-0.1, -0.05) is 11.6 Å². The Morgan fingerprint density at radius 3 is 2.90 bits per heavy atom. The minimum Gasteiger partial charge on any atom is -0.495 e. The van der Waals surface area contributed by atoms with E-state index >= 15 is 0 Å². The summed E-state index contributed by atoms with van der Waals surface area (Å²) in [5.41, 5.74) is 0.414. The summed E-state index contributed by atoms with van der Waals surface area (Å²) in [5.74, 6) is -0.268. The summed E-state index contributed by atoms with van der Waals surface area (Å²) >= 11 is 5.86. The van der Waals surface area contributed by atoms with Crippen LogP contribution in [0.1, 0.15) is 0 Å². The molecule has 8 nitrogen and oxygen atoms in total. The number of hydrogen-bond donors (Lipinski definition) is 1. The van der Waals surface area contributed by atoms with Crippen LogP contribution in [0.2, 0.25) is 5.02 Å². The number of aromatic nitrogens is 2. The minimum absolute atomic E-state index is 0.163. The summed E-state index contributed by atoms with van der Waals surface area (Å²) in [4.78, 5) is 21.8. The average molecular weight is 311 g/mol. The van der Waals surface area contributed by atoms with Crippen LogP contribution in [-0.4, -0.2) is 27.7 Å². The fourth-order valence-corrected chi connectivity index (χ4v) is 1.82. The van der Waals surface area contributed by atoms with Crippen molar-refractivity contribution in [1.29, 1.82) is 0 Å². The quantitative estimate of drug-likeness (QED) is 0.673. The van der Waals surface area contributed by atoms with Gasteiger partial charge in [-0.3, -0.25) is 4.79 Å². The zero-order valence-electron chi connectivity index (χ0n) is 10.9. The van der Waals surface area contributed by atoms with Gasteiger partial charge >= 0.3 is 5.82 Å². The van der Waals surface area contributed by atoms with E-state index in [1.54, 1.807) is 18.2 Å². The molecule has 0 saturated carbocycles. The van der Waals surface area contributed by atoms with Crippen molar-refractivity contribution < 1.29 is 14.5 Å². The highest BCUT2D eigenvalue weighted by atomic mass is 35.5. The maximum Gasteiger partial charge on any atom is 0.389 e. The molecule has 21 heavy (non-hydrogen) atoms. The smallest absolute Gasteiger partial charge is 0.389 e. The molecule has 0 fully saturated rings. The maximum absolute atomic E-state index is 11.9. The van der Waals surface area contributed by atoms with Gasteiger partial charge in [-0.25, -0.2) is 0 Å². The lowest BCUT2D eigenvalue weighted by molar-refractivity contribution is -0.389. The molecule has 0 aliphatic carbocycles. The highest BCUT2D eigenvalue weighted by Crippen LogP contribution is 2.27. The van der Waals surface area contributed by atoms with Gasteiger partial charge in [0.15, 0.2) is 0 Å². The monoisotopic (exact) mass is 310 g/mol. The number of amides is 1. The Balaban J connectivity index is 2.07. The summed E-state index contributed by atoms with van der Waals surface area (Å²) in [6.07, 6.45) is 1.35. The molecule has 2 rings (SSSR count). The van der Waals surface area contributed by atoms with Crippen LogP contribution in [0.25, 0.3) is 0 Å². The lowest BCUT2D eigenvalue weighted by Gasteiger charge is -2.09. The van der Waals surface area contributed by atoms with Gasteiger partial charge in [-0.2, -0.15) is 4.68 Å². The number of methoxy groups -OCH3 is 1. The summed E-state index contributed by atoms with van der Waals surface area (Å²) in [6.45, 7) is -0.163. The third-order valence-corrected chi connectivity index (χ3v) is 2.79. The number of halogens is 1. The van der Waals surface area contributed by atoms with Crippen molar-refractivity contribution in [3.8, 4) is 5.75 Å². The molecule has 9 heteroatoms. The van der Waals surface area contributed by atoms with Crippen molar-refractivity contribution in [2.24, 2.45) is 0 Å². The summed E-state index contributed by atoms with van der Waals surface area (Å²) in [5, 5.41) is 17.2. The van der Waals surface area contributed by atoms with E-state index in [0.29, 0.717) is 16.5 Å². The molecule has 1 aromatic carbocycles. The van der Waals surface area contributed by atoms with Crippen molar-refractivity contribution in [3.05, 3.63) is 45.6 Å². The fourth-order valence-electron chi connectivity index (χ4n) is 1.65. The minimum atomic E-state index is -0.631. The third kappa shape index (κ3) is 3.69. The molecular formula is C12H11ClN4O4. The lowest BCUT2D eigenvalue weighted by atomic mass is 10.3. The van der Waals surface area contributed by atoms with Gasteiger partial charge in [0.25, 0.3) is 0 Å². The number of hydrogen-bond acceptors (Lipinski definition) is 5. The summed E-state index contributed by atoms with van der Waals surface area (Å²) in [7, 11) is 1.47. The van der Waals surface area contributed by atoms with Gasteiger partial charge < -0.3 is 20.2 Å². The topological polar surface area (TPSA) is 99.3 Å². The number of carbonyl (C=O) groups excluding carboxylic acids is 1. The fraction of sp³-hybridized carbons (Fsp3) is 0.167. The number of rotatable bonds is 5. The van der Waals surface area contributed by atoms with Crippen LogP contribution in [0.4, 0.5) is 11.5 Å². The molecule has 1 aromatic heterocycles. The highest BCUT2D eigenvalue weighted by molar-refractivity contribution is 6.31. The van der Waals surface area contributed by atoms with Gasteiger partial charge in [0.05, 0.1) is 30.2 Å². The predicted molar refractivity (Wildman–Crippen MR) is 75.5 cm³/mol. The van der Waals surface area contributed by atoms with Crippen LogP contribution in [0.3, 0.4) is 0 Å². The van der Waals surface area contributed by atoms with E-state index in [9.17, 15) is 14.9 Å². The molecule has 0 bridgehead atoms. The van der Waals surface area contributed by atoms with E-state index in [0.717, 1.165) is 0 Å². The van der Waals surface area contributed by atoms with Gasteiger partial charge in [0.1, 0.15) is 12.3 Å². The second-order valence-electron chi connectivity index (χ2n) is 4.02. The Labute approximate surface area is 124 Å². The van der Waals surface area contributed by atoms with Gasteiger partial charge in [-0.15, -0.1) is 0 Å². The van der Waals surface area contributed by atoms with E-state index in [1.807, 2.05) is 0 Å². The molecule has 0 radical (unpaired) electrons. The van der Waals surface area contributed by atoms with Crippen LogP contribution < -0.4 is 10.1 Å². The zero-order chi connectivity index (χ0) is 15.4. The molecule has 0 spiro atoms. The zero-order valence-corrected chi connectivity index (χ0v) is 11.7. The molecule has 0 saturated heterocycles. The number of nitrogens with zero attached hydrogens (tertiary/aromatic N) is 3. The molecule has 110 valence electrons. The Hall–Kier alpha value is -2.61. The molecule has 0 aliphatic rings. The van der Waals surface area contributed by atoms with E-state index in [1.165, 1.54) is 24.1 Å². The average Bonchev–Trinajstić information content (AvgIpc) is 2.87. The molecule has 0 aliphatic heterocycles. The molecule has 1 N–H and O–H groups in total. The molecular weight excluding hydrogens is 300 g/mol. The van der Waals surface area contributed by atoms with Crippen LogP contribution in [0.15, 0.2) is 30.5 Å². The van der Waals surface area contributed by atoms with Crippen LogP contribution >= 0.6 is 11.6 Å². The van der Waals surface area contributed by atoms with Gasteiger partial charge in [0, 0.05) is 5.02 Å². The van der Waals surface area contributed by atoms with Crippen LogP contribution in [-0.2, 0) is 11.3 Å². The standard InChI is InChI=1S/C12H11ClN4O4/c1-21-10-3-2-8(13)6-9(10)14-12(18)7-16-5-4-11(15-16)17(19)20/h2-6H,7H2,1H3,(H,14,18). The Kier molecular flexibility index (Phi) is 4.39. The SMILES string of the molecule is COc1ccc(Cl)cc1NC(=O)Cn1ccc([N+](=O)[O-])n1. The molecule has 2 aromatic rings. The second-order valence-corrected chi connectivity index (χ2v) is 4.46. The first kappa shape index (κ1) is 14.8. The van der Waals surface area contributed by atoms with E-state index in [-0.39, 0.29) is 12.4 Å². The first-order valence-corrected chi connectivity index (χ1v) is 6.18. The number of benzene rings is 1. The highest BCUT2D eigenvalue weighted by Gasteiger charge is 2.14. The molecule has 1 heterocycles. The Morgan fingerprint density at radius 1 is 1.52 bits per heavy atom. The first-order valence-electron chi connectivity index (χ1n) is 5.81. The van der Waals surface area contributed by atoms with E-state index < -0.39 is 10.8 Å². The van der Waals surface area contributed by atoms with Crippen LogP contribution in [0.5, 0.6) is 5.75 Å². The van der Waals surface area contributed by atoms with Crippen molar-refractivity contribution in [3.63, 3.8) is 0 Å². The van der Waals surface area contributed by atoms with Gasteiger partial charge in [0.2, 0.25) is 5.91 Å². The van der Waals surface area contributed by atoms with E-state index in [2.05, 4.69) is 10.4 Å². The van der Waals surface area contributed by atoms with Crippen LogP contribution in [0, 0.1) is 10.1 Å². The predicted octanol–water partition coefficient (Wildman–Crippen LogP) is 2.09. The largest absolute Gasteiger partial charge is 0.495 e. The number of nitro groups is 1. The first-order chi connectivity index (χ1) is 9.99. The number of anilines is 1. The molecule has 0 unspecified atom stereocenters. The Morgan fingerprint density at radius 2 is 2.29 bits per heavy atom.